The highest BCUT2D eigenvalue weighted by Crippen LogP contribution is 2.21. The highest BCUT2D eigenvalue weighted by Gasteiger charge is 2.27. The number of amides is 2. The van der Waals surface area contributed by atoms with Gasteiger partial charge in [0.2, 0.25) is 11.8 Å². The summed E-state index contributed by atoms with van der Waals surface area (Å²) in [5.74, 6) is 0.164. The number of halogens is 2. The summed E-state index contributed by atoms with van der Waals surface area (Å²) in [6, 6.07) is 7.87. The van der Waals surface area contributed by atoms with Gasteiger partial charge < -0.3 is 16.0 Å². The number of hydrogen-bond acceptors (Lipinski definition) is 4. The van der Waals surface area contributed by atoms with E-state index in [0.29, 0.717) is 26.1 Å². The zero-order valence-corrected chi connectivity index (χ0v) is 17.3. The van der Waals surface area contributed by atoms with E-state index in [4.69, 9.17) is 5.73 Å². The van der Waals surface area contributed by atoms with Gasteiger partial charge in [-0.1, -0.05) is 26.0 Å². The number of carbonyl (C=O) groups excluding carboxylic acids is 2. The molecule has 2 fully saturated rings. The normalized spacial score (nSPS) is 19.4. The molecule has 1 atom stereocenters. The number of alkyl halides is 1. The molecule has 0 bridgehead atoms. The molecule has 3 N–H and O–H groups in total. The summed E-state index contributed by atoms with van der Waals surface area (Å²) >= 11 is 4.64. The topological polar surface area (TPSA) is 78.7 Å². The second-order valence-electron chi connectivity index (χ2n) is 5.70. The van der Waals surface area contributed by atoms with E-state index in [1.807, 2.05) is 38.1 Å². The van der Waals surface area contributed by atoms with Crippen molar-refractivity contribution in [2.75, 3.05) is 37.5 Å². The van der Waals surface area contributed by atoms with E-state index in [-0.39, 0.29) is 30.3 Å². The molecule has 0 spiro atoms. The van der Waals surface area contributed by atoms with Crippen LogP contribution in [0.4, 0.5) is 5.69 Å². The number of anilines is 1. The van der Waals surface area contributed by atoms with E-state index in [1.54, 1.807) is 4.90 Å². The summed E-state index contributed by atoms with van der Waals surface area (Å²) < 4.78 is 0. The molecule has 2 amide bonds. The zero-order chi connectivity index (χ0) is 18.8. The standard InChI is InChI=1S/C15H20N4O2.C2H6.CH3Cl.ClH/c16-12-7-15(21)19(9-12)13-3-1-11(2-4-13)8-18-6-5-17-14(20)10-18;2*1-2;/h1-4,12H,5-10,16H2,(H,17,20);1-2H3;1H3;1H. The van der Waals surface area contributed by atoms with Gasteiger partial charge in [-0.2, -0.15) is 0 Å². The SMILES string of the molecule is CC.CCl.Cl.NC1CC(=O)N(c2ccc(CN3CCNC(=O)C3)cc2)C1. The number of piperazine rings is 1. The van der Waals surface area contributed by atoms with Crippen LogP contribution in [0.15, 0.2) is 24.3 Å². The maximum atomic E-state index is 11.8. The lowest BCUT2D eigenvalue weighted by Gasteiger charge is -2.26. The Labute approximate surface area is 167 Å². The molecule has 0 radical (unpaired) electrons. The number of benzene rings is 1. The van der Waals surface area contributed by atoms with Crippen LogP contribution in [-0.4, -0.2) is 55.3 Å². The molecule has 0 saturated carbocycles. The molecule has 2 heterocycles. The molecule has 2 saturated heterocycles. The van der Waals surface area contributed by atoms with E-state index in [2.05, 4.69) is 21.8 Å². The van der Waals surface area contributed by atoms with E-state index in [9.17, 15) is 9.59 Å². The molecule has 0 aliphatic carbocycles. The Morgan fingerprint density at radius 1 is 1.19 bits per heavy atom. The number of nitrogens with two attached hydrogens (primary N) is 1. The minimum atomic E-state index is -0.0657. The van der Waals surface area contributed by atoms with Crippen LogP contribution >= 0.6 is 24.0 Å². The Morgan fingerprint density at radius 2 is 1.81 bits per heavy atom. The quantitative estimate of drug-likeness (QED) is 0.754. The van der Waals surface area contributed by atoms with Crippen molar-refractivity contribution in [2.24, 2.45) is 5.73 Å². The van der Waals surface area contributed by atoms with Gasteiger partial charge in [0.25, 0.3) is 0 Å². The van der Waals surface area contributed by atoms with Gasteiger partial charge >= 0.3 is 0 Å². The highest BCUT2D eigenvalue weighted by atomic mass is 35.5. The Bertz CT molecular complexity index is 555. The second kappa shape index (κ2) is 12.9. The minimum Gasteiger partial charge on any atom is -0.354 e. The average Bonchev–Trinajstić information content (AvgIpc) is 2.97. The van der Waals surface area contributed by atoms with Crippen LogP contribution in [0.2, 0.25) is 0 Å². The smallest absolute Gasteiger partial charge is 0.234 e. The molecule has 1 unspecified atom stereocenters. The lowest BCUT2D eigenvalue weighted by molar-refractivity contribution is -0.124. The van der Waals surface area contributed by atoms with Crippen LogP contribution in [0, 0.1) is 0 Å². The van der Waals surface area contributed by atoms with Gasteiger partial charge in [-0.05, 0) is 17.7 Å². The number of nitrogens with zero attached hydrogens (tertiary/aromatic N) is 2. The number of hydrogen-bond donors (Lipinski definition) is 2. The lowest BCUT2D eigenvalue weighted by Crippen LogP contribution is -2.47. The first-order chi connectivity index (χ1) is 12.1. The Hall–Kier alpha value is -1.34. The van der Waals surface area contributed by atoms with Crippen LogP contribution in [0.1, 0.15) is 25.8 Å². The molecule has 6 nitrogen and oxygen atoms in total. The fraction of sp³-hybridized carbons (Fsp3) is 0.556. The summed E-state index contributed by atoms with van der Waals surface area (Å²) in [4.78, 5) is 27.0. The molecule has 0 aromatic heterocycles. The van der Waals surface area contributed by atoms with Crippen molar-refractivity contribution in [3.8, 4) is 0 Å². The van der Waals surface area contributed by atoms with E-state index >= 15 is 0 Å². The molecule has 148 valence electrons. The third-order valence-corrected chi connectivity index (χ3v) is 3.93. The molecule has 1 aromatic rings. The maximum Gasteiger partial charge on any atom is 0.234 e. The first-order valence-electron chi connectivity index (χ1n) is 8.63. The molecule has 3 rings (SSSR count). The molecule has 8 heteroatoms. The molecular formula is C18H30Cl2N4O2. The first kappa shape index (κ1) is 24.7. The van der Waals surface area contributed by atoms with Crippen LogP contribution in [0.3, 0.4) is 0 Å². The third-order valence-electron chi connectivity index (χ3n) is 3.93. The summed E-state index contributed by atoms with van der Waals surface area (Å²) in [7, 11) is 0. The van der Waals surface area contributed by atoms with Crippen molar-refractivity contribution in [1.29, 1.82) is 0 Å². The van der Waals surface area contributed by atoms with Crippen LogP contribution in [-0.2, 0) is 16.1 Å². The Morgan fingerprint density at radius 3 is 2.31 bits per heavy atom. The summed E-state index contributed by atoms with van der Waals surface area (Å²) in [5.41, 5.74) is 7.85. The average molecular weight is 405 g/mol. The molecule has 1 aromatic carbocycles. The number of carbonyl (C=O) groups is 2. The van der Waals surface area contributed by atoms with E-state index in [1.165, 1.54) is 6.38 Å². The highest BCUT2D eigenvalue weighted by molar-refractivity contribution is 6.15. The van der Waals surface area contributed by atoms with Crippen molar-refractivity contribution >= 4 is 41.5 Å². The third kappa shape index (κ3) is 7.11. The Kier molecular flexibility index (Phi) is 12.3. The van der Waals surface area contributed by atoms with Gasteiger partial charge in [-0.3, -0.25) is 14.5 Å². The zero-order valence-electron chi connectivity index (χ0n) is 15.7. The van der Waals surface area contributed by atoms with Gasteiger partial charge in [0.05, 0.1) is 6.54 Å². The van der Waals surface area contributed by atoms with Gasteiger partial charge in [0.1, 0.15) is 0 Å². The van der Waals surface area contributed by atoms with Gasteiger partial charge in [-0.25, -0.2) is 0 Å². The van der Waals surface area contributed by atoms with Crippen molar-refractivity contribution in [3.05, 3.63) is 29.8 Å². The summed E-state index contributed by atoms with van der Waals surface area (Å²) in [5, 5.41) is 2.82. The van der Waals surface area contributed by atoms with Gasteiger partial charge in [-0.15, -0.1) is 24.0 Å². The largest absolute Gasteiger partial charge is 0.354 e. The Balaban J connectivity index is 0.00000117. The number of nitrogens with one attached hydrogen (secondary N) is 1. The fourth-order valence-electron chi connectivity index (χ4n) is 2.85. The van der Waals surface area contributed by atoms with Crippen molar-refractivity contribution in [2.45, 2.75) is 32.9 Å². The van der Waals surface area contributed by atoms with Gasteiger partial charge in [0.15, 0.2) is 0 Å². The second-order valence-corrected chi connectivity index (χ2v) is 5.70. The van der Waals surface area contributed by atoms with Crippen molar-refractivity contribution in [3.63, 3.8) is 0 Å². The van der Waals surface area contributed by atoms with Crippen LogP contribution in [0.5, 0.6) is 0 Å². The molecule has 26 heavy (non-hydrogen) atoms. The van der Waals surface area contributed by atoms with Crippen LogP contribution < -0.4 is 16.0 Å². The molecule has 2 aliphatic rings. The fourth-order valence-corrected chi connectivity index (χ4v) is 2.85. The predicted molar refractivity (Wildman–Crippen MR) is 110 cm³/mol. The lowest BCUT2D eigenvalue weighted by atomic mass is 10.1. The first-order valence-corrected chi connectivity index (χ1v) is 9.39. The predicted octanol–water partition coefficient (Wildman–Crippen LogP) is 1.99. The maximum absolute atomic E-state index is 11.8. The summed E-state index contributed by atoms with van der Waals surface area (Å²) in [6.07, 6.45) is 1.89. The van der Waals surface area contributed by atoms with Crippen LogP contribution in [0.25, 0.3) is 0 Å². The van der Waals surface area contributed by atoms with E-state index < -0.39 is 0 Å². The van der Waals surface area contributed by atoms with Crippen molar-refractivity contribution < 1.29 is 9.59 Å². The molecule has 2 aliphatic heterocycles. The van der Waals surface area contributed by atoms with Gasteiger partial charge in [0, 0.05) is 50.7 Å². The monoisotopic (exact) mass is 404 g/mol. The van der Waals surface area contributed by atoms with Crippen molar-refractivity contribution in [1.82, 2.24) is 10.2 Å². The molecular weight excluding hydrogens is 375 g/mol. The summed E-state index contributed by atoms with van der Waals surface area (Å²) in [6.45, 7) is 7.36. The van der Waals surface area contributed by atoms with E-state index in [0.717, 1.165) is 24.3 Å². The number of rotatable bonds is 3. The minimum absolute atomic E-state index is 0.